The van der Waals surface area contributed by atoms with Crippen molar-refractivity contribution in [3.05, 3.63) is 11.1 Å². The van der Waals surface area contributed by atoms with Crippen LogP contribution in [0.15, 0.2) is 5.38 Å². The van der Waals surface area contributed by atoms with E-state index in [0.29, 0.717) is 0 Å². The fraction of sp³-hybridized carbons (Fsp3) is 0.727. The molecule has 0 aliphatic carbocycles. The lowest BCUT2D eigenvalue weighted by atomic mass is 9.94. The molecule has 2 N–H and O–H groups in total. The van der Waals surface area contributed by atoms with E-state index < -0.39 is 0 Å². The summed E-state index contributed by atoms with van der Waals surface area (Å²) < 4.78 is 0. The zero-order chi connectivity index (χ0) is 10.7. The molecule has 2 heterocycles. The Morgan fingerprint density at radius 3 is 2.80 bits per heavy atom. The molecular formula is C11H19N3S. The molecule has 0 radical (unpaired) electrons. The summed E-state index contributed by atoms with van der Waals surface area (Å²) in [7, 11) is 0. The molecule has 2 rings (SSSR count). The van der Waals surface area contributed by atoms with Crippen molar-refractivity contribution in [1.29, 1.82) is 0 Å². The zero-order valence-corrected chi connectivity index (χ0v) is 10.1. The van der Waals surface area contributed by atoms with Crippen LogP contribution in [0, 0.1) is 12.8 Å². The van der Waals surface area contributed by atoms with Gasteiger partial charge in [0.15, 0.2) is 5.13 Å². The fourth-order valence-corrected chi connectivity index (χ4v) is 2.99. The Hall–Kier alpha value is -0.610. The van der Waals surface area contributed by atoms with E-state index in [1.165, 1.54) is 24.4 Å². The van der Waals surface area contributed by atoms with E-state index in [0.717, 1.165) is 31.2 Å². The number of hydrogen-bond donors (Lipinski definition) is 1. The third-order valence-corrected chi connectivity index (χ3v) is 4.09. The molecule has 1 aromatic heterocycles. The normalized spacial score (nSPS) is 18.4. The van der Waals surface area contributed by atoms with E-state index >= 15 is 0 Å². The van der Waals surface area contributed by atoms with Crippen LogP contribution >= 0.6 is 11.3 Å². The standard InChI is InChI=1S/C11H19N3S/c1-9-8-15-11(13-9)14-6-3-10(2-5-12)4-7-14/h8,10H,2-7,12H2,1H3. The van der Waals surface area contributed by atoms with E-state index in [4.69, 9.17) is 5.73 Å². The number of aryl methyl sites for hydroxylation is 1. The summed E-state index contributed by atoms with van der Waals surface area (Å²) in [6.07, 6.45) is 3.73. The van der Waals surface area contributed by atoms with Crippen LogP contribution in [0.2, 0.25) is 0 Å². The molecule has 1 aliphatic rings. The first-order valence-corrected chi connectivity index (χ1v) is 6.54. The van der Waals surface area contributed by atoms with Gasteiger partial charge in [-0.2, -0.15) is 0 Å². The van der Waals surface area contributed by atoms with Gasteiger partial charge in [0, 0.05) is 18.5 Å². The Balaban J connectivity index is 1.88. The average molecular weight is 225 g/mol. The van der Waals surface area contributed by atoms with Gasteiger partial charge in [-0.1, -0.05) is 0 Å². The maximum Gasteiger partial charge on any atom is 0.185 e. The minimum atomic E-state index is 0.834. The van der Waals surface area contributed by atoms with Crippen LogP contribution in [-0.2, 0) is 0 Å². The number of aromatic nitrogens is 1. The van der Waals surface area contributed by atoms with Crippen molar-refractivity contribution in [3.8, 4) is 0 Å². The molecule has 0 spiro atoms. The lowest BCUT2D eigenvalue weighted by Crippen LogP contribution is -2.34. The molecule has 15 heavy (non-hydrogen) atoms. The lowest BCUT2D eigenvalue weighted by Gasteiger charge is -2.31. The molecule has 0 saturated carbocycles. The summed E-state index contributed by atoms with van der Waals surface area (Å²) >= 11 is 1.76. The molecule has 4 heteroatoms. The van der Waals surface area contributed by atoms with Gasteiger partial charge in [-0.3, -0.25) is 0 Å². The second-order valence-electron chi connectivity index (χ2n) is 4.28. The monoisotopic (exact) mass is 225 g/mol. The average Bonchev–Trinajstić information content (AvgIpc) is 2.67. The summed E-state index contributed by atoms with van der Waals surface area (Å²) in [5, 5.41) is 3.32. The number of rotatable bonds is 3. The minimum absolute atomic E-state index is 0.834. The van der Waals surface area contributed by atoms with Gasteiger partial charge in [0.2, 0.25) is 0 Å². The van der Waals surface area contributed by atoms with Crippen LogP contribution in [0.3, 0.4) is 0 Å². The van der Waals surface area contributed by atoms with Crippen molar-refractivity contribution in [2.45, 2.75) is 26.2 Å². The van der Waals surface area contributed by atoms with E-state index in [1.54, 1.807) is 11.3 Å². The largest absolute Gasteiger partial charge is 0.348 e. The molecule has 0 aromatic carbocycles. The number of nitrogens with zero attached hydrogens (tertiary/aromatic N) is 2. The predicted octanol–water partition coefficient (Wildman–Crippen LogP) is 2.02. The van der Waals surface area contributed by atoms with E-state index in [9.17, 15) is 0 Å². The highest BCUT2D eigenvalue weighted by molar-refractivity contribution is 7.13. The highest BCUT2D eigenvalue weighted by Crippen LogP contribution is 2.27. The molecule has 0 unspecified atom stereocenters. The maximum atomic E-state index is 5.58. The van der Waals surface area contributed by atoms with Gasteiger partial charge >= 0.3 is 0 Å². The molecular weight excluding hydrogens is 206 g/mol. The summed E-state index contributed by atoms with van der Waals surface area (Å²) in [5.74, 6) is 0.840. The van der Waals surface area contributed by atoms with Crippen molar-refractivity contribution >= 4 is 16.5 Å². The lowest BCUT2D eigenvalue weighted by molar-refractivity contribution is 0.386. The van der Waals surface area contributed by atoms with Crippen molar-refractivity contribution in [2.24, 2.45) is 11.7 Å². The third kappa shape index (κ3) is 2.69. The van der Waals surface area contributed by atoms with Gasteiger partial charge in [-0.25, -0.2) is 4.98 Å². The van der Waals surface area contributed by atoms with Crippen molar-refractivity contribution < 1.29 is 0 Å². The molecule has 1 aromatic rings. The van der Waals surface area contributed by atoms with Crippen LogP contribution in [0.4, 0.5) is 5.13 Å². The van der Waals surface area contributed by atoms with Crippen LogP contribution in [0.1, 0.15) is 25.0 Å². The number of thiazole rings is 1. The molecule has 1 fully saturated rings. The first-order chi connectivity index (χ1) is 7.29. The Morgan fingerprint density at radius 2 is 2.27 bits per heavy atom. The highest BCUT2D eigenvalue weighted by Gasteiger charge is 2.20. The number of hydrogen-bond acceptors (Lipinski definition) is 4. The van der Waals surface area contributed by atoms with Gasteiger partial charge in [-0.05, 0) is 38.6 Å². The Labute approximate surface area is 95.3 Å². The molecule has 0 bridgehead atoms. The molecule has 1 aliphatic heterocycles. The van der Waals surface area contributed by atoms with Crippen LogP contribution < -0.4 is 10.6 Å². The van der Waals surface area contributed by atoms with Gasteiger partial charge in [0.05, 0.1) is 5.69 Å². The first-order valence-electron chi connectivity index (χ1n) is 5.66. The zero-order valence-electron chi connectivity index (χ0n) is 9.28. The molecule has 84 valence electrons. The summed E-state index contributed by atoms with van der Waals surface area (Å²) in [6, 6.07) is 0. The smallest absolute Gasteiger partial charge is 0.185 e. The summed E-state index contributed by atoms with van der Waals surface area (Å²) in [5.41, 5.74) is 6.72. The third-order valence-electron chi connectivity index (χ3n) is 3.07. The number of piperidine rings is 1. The van der Waals surface area contributed by atoms with E-state index in [2.05, 4.69) is 22.2 Å². The maximum absolute atomic E-state index is 5.58. The molecule has 0 atom stereocenters. The predicted molar refractivity (Wildman–Crippen MR) is 65.5 cm³/mol. The van der Waals surface area contributed by atoms with Gasteiger partial charge in [0.25, 0.3) is 0 Å². The number of nitrogens with two attached hydrogens (primary N) is 1. The minimum Gasteiger partial charge on any atom is -0.348 e. The fourth-order valence-electron chi connectivity index (χ4n) is 2.14. The van der Waals surface area contributed by atoms with Crippen molar-refractivity contribution in [2.75, 3.05) is 24.5 Å². The SMILES string of the molecule is Cc1csc(N2CCC(CCN)CC2)n1. The summed E-state index contributed by atoms with van der Waals surface area (Å²) in [4.78, 5) is 6.93. The second-order valence-corrected chi connectivity index (χ2v) is 5.12. The Bertz CT molecular complexity index is 303. The molecule has 3 nitrogen and oxygen atoms in total. The second kappa shape index (κ2) is 4.94. The van der Waals surface area contributed by atoms with Gasteiger partial charge < -0.3 is 10.6 Å². The molecule has 0 amide bonds. The Morgan fingerprint density at radius 1 is 1.53 bits per heavy atom. The quantitative estimate of drug-likeness (QED) is 0.855. The summed E-state index contributed by atoms with van der Waals surface area (Å²) in [6.45, 7) is 5.19. The number of anilines is 1. The van der Waals surface area contributed by atoms with Crippen LogP contribution in [0.25, 0.3) is 0 Å². The van der Waals surface area contributed by atoms with Gasteiger partial charge in [-0.15, -0.1) is 11.3 Å². The van der Waals surface area contributed by atoms with E-state index in [-0.39, 0.29) is 0 Å². The van der Waals surface area contributed by atoms with Crippen LogP contribution in [0.5, 0.6) is 0 Å². The first kappa shape index (κ1) is 10.9. The highest BCUT2D eigenvalue weighted by atomic mass is 32.1. The Kier molecular flexibility index (Phi) is 3.59. The van der Waals surface area contributed by atoms with Crippen molar-refractivity contribution in [1.82, 2.24) is 4.98 Å². The van der Waals surface area contributed by atoms with E-state index in [1.807, 2.05) is 0 Å². The van der Waals surface area contributed by atoms with Gasteiger partial charge in [0.1, 0.15) is 0 Å². The molecule has 1 saturated heterocycles. The van der Waals surface area contributed by atoms with Crippen molar-refractivity contribution in [3.63, 3.8) is 0 Å². The van der Waals surface area contributed by atoms with Crippen LogP contribution in [-0.4, -0.2) is 24.6 Å². The topological polar surface area (TPSA) is 42.1 Å².